The van der Waals surface area contributed by atoms with Crippen LogP contribution in [0.15, 0.2) is 34.7 Å². The standard InChI is InChI=1S/C9H7Cl3S/c10-5-2-6-13-9-7(11)3-1-4-8(9)12/h1-5H,6H2/b5-2+. The van der Waals surface area contributed by atoms with Gasteiger partial charge in [0.1, 0.15) is 0 Å². The largest absolute Gasteiger partial charge is 0.119 e. The molecule has 0 saturated heterocycles. The van der Waals surface area contributed by atoms with Crippen LogP contribution in [0, 0.1) is 0 Å². The van der Waals surface area contributed by atoms with E-state index in [0.29, 0.717) is 10.0 Å². The summed E-state index contributed by atoms with van der Waals surface area (Å²) in [5, 5.41) is 1.36. The second kappa shape index (κ2) is 5.82. The van der Waals surface area contributed by atoms with Gasteiger partial charge in [-0.1, -0.05) is 46.9 Å². The van der Waals surface area contributed by atoms with Crippen molar-refractivity contribution in [1.29, 1.82) is 0 Å². The smallest absolute Gasteiger partial charge is 0.0557 e. The molecule has 13 heavy (non-hydrogen) atoms. The predicted molar refractivity (Wildman–Crippen MR) is 62.2 cm³/mol. The molecular formula is C9H7Cl3S. The highest BCUT2D eigenvalue weighted by Crippen LogP contribution is 2.33. The third kappa shape index (κ3) is 3.43. The normalized spacial score (nSPS) is 11.0. The molecule has 1 aromatic rings. The molecule has 0 aliphatic carbocycles. The van der Waals surface area contributed by atoms with Crippen LogP contribution in [0.3, 0.4) is 0 Å². The lowest BCUT2D eigenvalue weighted by Crippen LogP contribution is -1.77. The van der Waals surface area contributed by atoms with Crippen LogP contribution in [-0.4, -0.2) is 5.75 Å². The highest BCUT2D eigenvalue weighted by Gasteiger charge is 2.03. The molecule has 70 valence electrons. The van der Waals surface area contributed by atoms with E-state index in [1.165, 1.54) is 5.54 Å². The number of hydrogen-bond donors (Lipinski definition) is 0. The van der Waals surface area contributed by atoms with Gasteiger partial charge in [0.25, 0.3) is 0 Å². The molecule has 0 heterocycles. The van der Waals surface area contributed by atoms with Crippen molar-refractivity contribution in [3.63, 3.8) is 0 Å². The summed E-state index contributed by atoms with van der Waals surface area (Å²) in [7, 11) is 0. The zero-order valence-electron chi connectivity index (χ0n) is 6.64. The van der Waals surface area contributed by atoms with Gasteiger partial charge in [-0.2, -0.15) is 0 Å². The van der Waals surface area contributed by atoms with Gasteiger partial charge < -0.3 is 0 Å². The van der Waals surface area contributed by atoms with Gasteiger partial charge in [-0.25, -0.2) is 0 Å². The fourth-order valence-electron chi connectivity index (χ4n) is 0.788. The number of halogens is 3. The van der Waals surface area contributed by atoms with Gasteiger partial charge in [0.2, 0.25) is 0 Å². The minimum Gasteiger partial charge on any atom is -0.119 e. The minimum atomic E-state index is 0.681. The average Bonchev–Trinajstić information content (AvgIpc) is 2.10. The minimum absolute atomic E-state index is 0.681. The van der Waals surface area contributed by atoms with Crippen LogP contribution in [0.25, 0.3) is 0 Å². The Morgan fingerprint density at radius 1 is 1.23 bits per heavy atom. The Morgan fingerprint density at radius 2 is 1.85 bits per heavy atom. The fraction of sp³-hybridized carbons (Fsp3) is 0.111. The van der Waals surface area contributed by atoms with E-state index in [-0.39, 0.29) is 0 Å². The molecule has 0 unspecified atom stereocenters. The molecule has 0 N–H and O–H groups in total. The first kappa shape index (κ1) is 11.3. The third-order valence-electron chi connectivity index (χ3n) is 1.33. The number of hydrogen-bond acceptors (Lipinski definition) is 1. The maximum Gasteiger partial charge on any atom is 0.0557 e. The SMILES string of the molecule is Cl/C=C/CSc1c(Cl)cccc1Cl. The van der Waals surface area contributed by atoms with E-state index >= 15 is 0 Å². The van der Waals surface area contributed by atoms with E-state index in [0.717, 1.165) is 10.6 Å². The number of benzene rings is 1. The van der Waals surface area contributed by atoms with E-state index in [9.17, 15) is 0 Å². The molecule has 0 radical (unpaired) electrons. The first-order valence-corrected chi connectivity index (χ1v) is 5.75. The second-order valence-electron chi connectivity index (χ2n) is 2.22. The monoisotopic (exact) mass is 252 g/mol. The Hall–Kier alpha value is 0.180. The van der Waals surface area contributed by atoms with Gasteiger partial charge in [0.05, 0.1) is 10.0 Å². The molecular weight excluding hydrogens is 247 g/mol. The Bertz CT molecular complexity index is 289. The fourth-order valence-corrected chi connectivity index (χ4v) is 2.48. The molecule has 4 heteroatoms. The van der Waals surface area contributed by atoms with Crippen LogP contribution in [0.2, 0.25) is 10.0 Å². The Labute approximate surface area is 96.9 Å². The highest BCUT2D eigenvalue weighted by molar-refractivity contribution is 7.99. The number of rotatable bonds is 3. The van der Waals surface area contributed by atoms with Crippen molar-refractivity contribution in [2.45, 2.75) is 4.90 Å². The summed E-state index contributed by atoms with van der Waals surface area (Å²) in [6.07, 6.45) is 1.84. The van der Waals surface area contributed by atoms with Gasteiger partial charge in [0, 0.05) is 16.2 Å². The summed E-state index contributed by atoms with van der Waals surface area (Å²) in [6, 6.07) is 5.46. The molecule has 0 aromatic heterocycles. The highest BCUT2D eigenvalue weighted by atomic mass is 35.5. The number of thioether (sulfide) groups is 1. The maximum absolute atomic E-state index is 5.95. The molecule has 0 saturated carbocycles. The molecule has 0 nitrogen and oxygen atoms in total. The topological polar surface area (TPSA) is 0 Å². The van der Waals surface area contributed by atoms with Crippen molar-refractivity contribution in [1.82, 2.24) is 0 Å². The molecule has 0 aliphatic heterocycles. The summed E-state index contributed by atoms with van der Waals surface area (Å²) in [6.45, 7) is 0. The quantitative estimate of drug-likeness (QED) is 0.695. The first-order valence-electron chi connectivity index (χ1n) is 3.57. The summed E-state index contributed by atoms with van der Waals surface area (Å²) in [4.78, 5) is 0.903. The van der Waals surface area contributed by atoms with Crippen molar-refractivity contribution in [2.24, 2.45) is 0 Å². The van der Waals surface area contributed by atoms with Gasteiger partial charge >= 0.3 is 0 Å². The molecule has 0 fully saturated rings. The summed E-state index contributed by atoms with van der Waals surface area (Å²) < 4.78 is 0. The lowest BCUT2D eigenvalue weighted by atomic mass is 10.4. The van der Waals surface area contributed by atoms with Gasteiger partial charge in [-0.3, -0.25) is 0 Å². The van der Waals surface area contributed by atoms with Crippen molar-refractivity contribution >= 4 is 46.6 Å². The Kier molecular flexibility index (Phi) is 5.04. The van der Waals surface area contributed by atoms with Gasteiger partial charge in [0.15, 0.2) is 0 Å². The van der Waals surface area contributed by atoms with Crippen molar-refractivity contribution in [3.8, 4) is 0 Å². The van der Waals surface area contributed by atoms with Crippen LogP contribution in [-0.2, 0) is 0 Å². The molecule has 0 atom stereocenters. The lowest BCUT2D eigenvalue weighted by Gasteiger charge is -2.03. The maximum atomic E-state index is 5.95. The van der Waals surface area contributed by atoms with Crippen molar-refractivity contribution in [3.05, 3.63) is 39.9 Å². The van der Waals surface area contributed by atoms with E-state index in [2.05, 4.69) is 0 Å². The third-order valence-corrected chi connectivity index (χ3v) is 3.45. The van der Waals surface area contributed by atoms with Crippen LogP contribution < -0.4 is 0 Å². The van der Waals surface area contributed by atoms with E-state index < -0.39 is 0 Å². The summed E-state index contributed by atoms with van der Waals surface area (Å²) >= 11 is 18.8. The summed E-state index contributed by atoms with van der Waals surface area (Å²) in [5.74, 6) is 0.771. The molecule has 0 bridgehead atoms. The average molecular weight is 254 g/mol. The van der Waals surface area contributed by atoms with Crippen LogP contribution in [0.5, 0.6) is 0 Å². The summed E-state index contributed by atoms with van der Waals surface area (Å²) in [5.41, 5.74) is 1.48. The van der Waals surface area contributed by atoms with Crippen molar-refractivity contribution < 1.29 is 0 Å². The van der Waals surface area contributed by atoms with Gasteiger partial charge in [-0.15, -0.1) is 11.8 Å². The van der Waals surface area contributed by atoms with E-state index in [1.807, 2.05) is 24.3 Å². The zero-order valence-corrected chi connectivity index (χ0v) is 9.72. The van der Waals surface area contributed by atoms with Crippen LogP contribution in [0.1, 0.15) is 0 Å². The molecule has 0 amide bonds. The van der Waals surface area contributed by atoms with Crippen LogP contribution >= 0.6 is 46.6 Å². The predicted octanol–water partition coefficient (Wildman–Crippen LogP) is 4.84. The van der Waals surface area contributed by atoms with Crippen LogP contribution in [0.4, 0.5) is 0 Å². The first-order chi connectivity index (χ1) is 6.25. The molecule has 0 aliphatic rings. The molecule has 1 rings (SSSR count). The lowest BCUT2D eigenvalue weighted by molar-refractivity contribution is 1.46. The van der Waals surface area contributed by atoms with E-state index in [4.69, 9.17) is 34.8 Å². The van der Waals surface area contributed by atoms with E-state index in [1.54, 1.807) is 11.8 Å². The van der Waals surface area contributed by atoms with Gasteiger partial charge in [-0.05, 0) is 12.1 Å². The second-order valence-corrected chi connectivity index (χ2v) is 4.32. The van der Waals surface area contributed by atoms with Crippen molar-refractivity contribution in [2.75, 3.05) is 5.75 Å². The molecule has 0 spiro atoms. The molecule has 1 aromatic carbocycles. The Balaban J connectivity index is 2.75. The zero-order chi connectivity index (χ0) is 9.68. The Morgan fingerprint density at radius 3 is 2.38 bits per heavy atom.